The summed E-state index contributed by atoms with van der Waals surface area (Å²) < 4.78 is 14.4. The van der Waals surface area contributed by atoms with Crippen LogP contribution in [0.4, 0.5) is 0 Å². The Kier molecular flexibility index (Phi) is 36.5. The van der Waals surface area contributed by atoms with E-state index in [1.807, 2.05) is 0 Å². The van der Waals surface area contributed by atoms with Crippen LogP contribution in [0.15, 0.2) is 0 Å². The Morgan fingerprint density at radius 1 is 0.704 bits per heavy atom. The average Bonchev–Trinajstić information content (AvgIpc) is 2.49. The van der Waals surface area contributed by atoms with Crippen molar-refractivity contribution in [3.8, 4) is 0 Å². The maximum Gasteiger partial charge on any atom is 1.00 e. The molecule has 0 heterocycles. The Hall–Kier alpha value is 2.62. The van der Waals surface area contributed by atoms with Crippen LogP contribution < -0.4 is 88.7 Å². The fraction of sp³-hybridized carbons (Fsp3) is 0.944. The molecule has 0 aromatic rings. The van der Waals surface area contributed by atoms with E-state index in [4.69, 9.17) is 9.79 Å². The molecule has 0 saturated heterocycles. The summed E-state index contributed by atoms with van der Waals surface area (Å²) in [6.45, 7) is 2.25. The SMILES string of the molecule is CCCCCCCCCCCCCCCCCC(=O)OP(=O)(O)O.[H-].[H-].[H-].[Na+].[Na+].[Na+]. The first-order chi connectivity index (χ1) is 11.5. The van der Waals surface area contributed by atoms with Crippen LogP contribution in [0.3, 0.4) is 0 Å². The topological polar surface area (TPSA) is 83.8 Å². The number of phosphoric acid groups is 1. The van der Waals surface area contributed by atoms with Crippen LogP contribution in [0, 0.1) is 0 Å². The second-order valence-electron chi connectivity index (χ2n) is 6.65. The fourth-order valence-electron chi connectivity index (χ4n) is 2.82. The molecular formula is C18H40Na3O5P. The van der Waals surface area contributed by atoms with Gasteiger partial charge in [-0.25, -0.2) is 4.57 Å². The van der Waals surface area contributed by atoms with Crippen molar-refractivity contribution in [1.29, 1.82) is 0 Å². The molecule has 0 aromatic carbocycles. The standard InChI is InChI=1S/C18H37O5P.3Na.3H/c1-2-3-4-5-6-7-8-9-10-11-12-13-14-15-16-17-18(19)23-24(20,21)22;;;;;;/h2-17H2,1H3,(H2,20,21,22);;;;;;/q;3*+1;3*-1. The van der Waals surface area contributed by atoms with Gasteiger partial charge in [-0.05, 0) is 6.42 Å². The van der Waals surface area contributed by atoms with Crippen molar-refractivity contribution in [3.63, 3.8) is 0 Å². The number of phosphoric ester groups is 1. The molecular weight excluding hydrogens is 396 g/mol. The summed E-state index contributed by atoms with van der Waals surface area (Å²) in [5, 5.41) is 0. The molecule has 5 nitrogen and oxygen atoms in total. The molecule has 27 heavy (non-hydrogen) atoms. The van der Waals surface area contributed by atoms with E-state index in [2.05, 4.69) is 11.4 Å². The third-order valence-corrected chi connectivity index (χ3v) is 4.65. The van der Waals surface area contributed by atoms with E-state index >= 15 is 0 Å². The van der Waals surface area contributed by atoms with Gasteiger partial charge in [0.2, 0.25) is 0 Å². The summed E-state index contributed by atoms with van der Waals surface area (Å²) in [6.07, 6.45) is 18.7. The molecule has 2 N–H and O–H groups in total. The second-order valence-corrected chi connectivity index (χ2v) is 7.82. The molecule has 0 radical (unpaired) electrons. The Morgan fingerprint density at radius 2 is 1.00 bits per heavy atom. The first-order valence-corrected chi connectivity index (χ1v) is 11.3. The Bertz CT molecular complexity index is 368. The van der Waals surface area contributed by atoms with Gasteiger partial charge in [0.15, 0.2) is 0 Å². The smallest absolute Gasteiger partial charge is 1.00 e. The Balaban J connectivity index is -0.000000176. The number of unbranched alkanes of at least 4 members (excludes halogenated alkanes) is 14. The van der Waals surface area contributed by atoms with E-state index in [1.54, 1.807) is 0 Å². The van der Waals surface area contributed by atoms with Gasteiger partial charge in [-0.3, -0.25) is 14.6 Å². The minimum atomic E-state index is -4.66. The van der Waals surface area contributed by atoms with E-state index in [9.17, 15) is 9.36 Å². The molecule has 150 valence electrons. The maximum atomic E-state index is 11.1. The number of rotatable bonds is 17. The van der Waals surface area contributed by atoms with E-state index in [0.717, 1.165) is 12.8 Å². The van der Waals surface area contributed by atoms with Gasteiger partial charge in [-0.15, -0.1) is 0 Å². The number of hydrogen-bond acceptors (Lipinski definition) is 3. The van der Waals surface area contributed by atoms with Crippen LogP contribution in [0.25, 0.3) is 0 Å². The molecule has 0 rings (SSSR count). The zero-order valence-corrected chi connectivity index (χ0v) is 25.3. The number of carbonyl (C=O) groups is 1. The largest absolute Gasteiger partial charge is 1.00 e. The molecule has 0 spiro atoms. The first kappa shape index (κ1) is 37.0. The van der Waals surface area contributed by atoms with E-state index in [1.165, 1.54) is 77.0 Å². The molecule has 0 aliphatic rings. The number of carbonyl (C=O) groups excluding carboxylic acids is 1. The predicted molar refractivity (Wildman–Crippen MR) is 101 cm³/mol. The molecule has 0 aromatic heterocycles. The molecule has 9 heteroatoms. The minimum absolute atomic E-state index is 0. The fourth-order valence-corrected chi connectivity index (χ4v) is 3.18. The molecule has 0 bridgehead atoms. The van der Waals surface area contributed by atoms with Gasteiger partial charge >= 0.3 is 102 Å². The second kappa shape index (κ2) is 26.7. The van der Waals surface area contributed by atoms with Crippen LogP contribution in [0.2, 0.25) is 0 Å². The molecule has 0 saturated carbocycles. The molecule has 0 aliphatic heterocycles. The first-order valence-electron chi connectivity index (χ1n) is 9.73. The summed E-state index contributed by atoms with van der Waals surface area (Å²) in [4.78, 5) is 28.0. The van der Waals surface area contributed by atoms with Crippen molar-refractivity contribution in [2.24, 2.45) is 0 Å². The van der Waals surface area contributed by atoms with Gasteiger partial charge in [0.1, 0.15) is 0 Å². The van der Waals surface area contributed by atoms with Crippen LogP contribution in [-0.4, -0.2) is 15.8 Å². The van der Waals surface area contributed by atoms with Crippen molar-refractivity contribution < 1.29 is 117 Å². The van der Waals surface area contributed by atoms with Crippen molar-refractivity contribution >= 4 is 13.8 Å². The molecule has 0 atom stereocenters. The van der Waals surface area contributed by atoms with Crippen LogP contribution in [0.5, 0.6) is 0 Å². The molecule has 0 unspecified atom stereocenters. The van der Waals surface area contributed by atoms with Gasteiger partial charge in [0.25, 0.3) is 0 Å². The summed E-state index contributed by atoms with van der Waals surface area (Å²) in [5.74, 6) is -0.807. The molecule has 0 aliphatic carbocycles. The summed E-state index contributed by atoms with van der Waals surface area (Å²) in [7, 11) is -4.66. The Morgan fingerprint density at radius 3 is 1.30 bits per heavy atom. The van der Waals surface area contributed by atoms with Crippen LogP contribution >= 0.6 is 7.82 Å². The van der Waals surface area contributed by atoms with Crippen LogP contribution in [-0.2, 0) is 13.9 Å². The number of hydrogen-bond donors (Lipinski definition) is 2. The summed E-state index contributed by atoms with van der Waals surface area (Å²) in [6, 6.07) is 0. The van der Waals surface area contributed by atoms with Crippen molar-refractivity contribution in [1.82, 2.24) is 0 Å². The van der Waals surface area contributed by atoms with Crippen molar-refractivity contribution in [2.45, 2.75) is 110 Å². The van der Waals surface area contributed by atoms with Gasteiger partial charge in [-0.1, -0.05) is 96.8 Å². The van der Waals surface area contributed by atoms with E-state index < -0.39 is 13.8 Å². The average molecular weight is 436 g/mol. The van der Waals surface area contributed by atoms with Crippen LogP contribution in [0.1, 0.15) is 114 Å². The third-order valence-electron chi connectivity index (χ3n) is 4.21. The maximum absolute atomic E-state index is 11.1. The Labute approximate surface area is 237 Å². The predicted octanol–water partition coefficient (Wildman–Crippen LogP) is -2.77. The zero-order valence-electron chi connectivity index (χ0n) is 21.4. The van der Waals surface area contributed by atoms with Gasteiger partial charge in [-0.2, -0.15) is 0 Å². The van der Waals surface area contributed by atoms with E-state index in [-0.39, 0.29) is 99.4 Å². The minimum Gasteiger partial charge on any atom is -1.00 e. The third kappa shape index (κ3) is 33.5. The monoisotopic (exact) mass is 436 g/mol. The van der Waals surface area contributed by atoms with Crippen molar-refractivity contribution in [2.75, 3.05) is 0 Å². The zero-order chi connectivity index (χ0) is 18.1. The van der Waals surface area contributed by atoms with E-state index in [0.29, 0.717) is 6.42 Å². The summed E-state index contributed by atoms with van der Waals surface area (Å²) >= 11 is 0. The summed E-state index contributed by atoms with van der Waals surface area (Å²) in [5.41, 5.74) is 0. The van der Waals surface area contributed by atoms with Crippen molar-refractivity contribution in [3.05, 3.63) is 0 Å². The normalized spacial score (nSPS) is 10.3. The van der Waals surface area contributed by atoms with Gasteiger partial charge in [0.05, 0.1) is 0 Å². The molecule has 0 fully saturated rings. The van der Waals surface area contributed by atoms with Gasteiger partial charge < -0.3 is 8.80 Å². The quantitative estimate of drug-likeness (QED) is 0.147. The molecule has 0 amide bonds. The van der Waals surface area contributed by atoms with Gasteiger partial charge in [0, 0.05) is 6.42 Å².